The van der Waals surface area contributed by atoms with Crippen molar-refractivity contribution in [2.75, 3.05) is 20.3 Å². The summed E-state index contributed by atoms with van der Waals surface area (Å²) in [6, 6.07) is 17.9. The maximum Gasteiger partial charge on any atom is 0.248 e. The summed E-state index contributed by atoms with van der Waals surface area (Å²) in [5, 5.41) is 13.3. The summed E-state index contributed by atoms with van der Waals surface area (Å²) in [5.41, 5.74) is 2.26. The van der Waals surface area contributed by atoms with Crippen LogP contribution in [0.4, 0.5) is 0 Å². The smallest absolute Gasteiger partial charge is 0.248 e. The van der Waals surface area contributed by atoms with Gasteiger partial charge in [0, 0.05) is 23.6 Å². The Balaban J connectivity index is 1.48. The first-order chi connectivity index (χ1) is 18.1. The highest BCUT2D eigenvalue weighted by Gasteiger charge is 2.34. The van der Waals surface area contributed by atoms with Crippen LogP contribution in [0.2, 0.25) is 0 Å². The largest absolute Gasteiger partial charge is 0.496 e. The number of thiophene rings is 1. The van der Waals surface area contributed by atoms with Crippen LogP contribution in [0.1, 0.15) is 29.3 Å². The normalized spacial score (nSPS) is 16.0. The molecule has 1 aliphatic rings. The Kier molecular flexibility index (Phi) is 7.76. The van der Waals surface area contributed by atoms with Crippen molar-refractivity contribution in [3.05, 3.63) is 76.5 Å². The van der Waals surface area contributed by atoms with E-state index in [4.69, 9.17) is 9.47 Å². The molecular formula is C27H29N5O4S. The van der Waals surface area contributed by atoms with E-state index >= 15 is 0 Å². The van der Waals surface area contributed by atoms with Crippen molar-refractivity contribution in [2.45, 2.75) is 38.1 Å². The molecule has 192 valence electrons. The number of fused-ring (bicyclic) bond motifs is 1. The van der Waals surface area contributed by atoms with E-state index in [1.54, 1.807) is 16.7 Å². The highest BCUT2D eigenvalue weighted by Crippen LogP contribution is 2.30. The van der Waals surface area contributed by atoms with Crippen LogP contribution in [0.3, 0.4) is 0 Å². The Labute approximate surface area is 219 Å². The molecule has 0 saturated carbocycles. The predicted molar refractivity (Wildman–Crippen MR) is 140 cm³/mol. The summed E-state index contributed by atoms with van der Waals surface area (Å²) in [5.74, 6) is 0.146. The Bertz CT molecular complexity index is 1350. The molecule has 1 saturated heterocycles. The topological polar surface area (TPSA) is 98.6 Å². The van der Waals surface area contributed by atoms with E-state index in [9.17, 15) is 9.59 Å². The lowest BCUT2D eigenvalue weighted by molar-refractivity contribution is -0.142. The molecule has 0 radical (unpaired) electrons. The molecule has 0 spiro atoms. The minimum atomic E-state index is -0.825. The number of benzene rings is 2. The van der Waals surface area contributed by atoms with Crippen molar-refractivity contribution in [2.24, 2.45) is 0 Å². The number of amides is 2. The third kappa shape index (κ3) is 5.65. The van der Waals surface area contributed by atoms with Gasteiger partial charge in [0.15, 0.2) is 0 Å². The Hall–Kier alpha value is -3.76. The third-order valence-corrected chi connectivity index (χ3v) is 7.38. The van der Waals surface area contributed by atoms with Crippen molar-refractivity contribution in [3.8, 4) is 5.75 Å². The van der Waals surface area contributed by atoms with E-state index in [1.165, 1.54) is 11.3 Å². The summed E-state index contributed by atoms with van der Waals surface area (Å²) < 4.78 is 12.8. The number of aromatic nitrogens is 3. The summed E-state index contributed by atoms with van der Waals surface area (Å²) in [6.07, 6.45) is 1.89. The van der Waals surface area contributed by atoms with Crippen LogP contribution in [0.15, 0.2) is 66.0 Å². The van der Waals surface area contributed by atoms with Gasteiger partial charge in [-0.3, -0.25) is 9.59 Å². The lowest BCUT2D eigenvalue weighted by Gasteiger charge is -2.31. The van der Waals surface area contributed by atoms with Gasteiger partial charge < -0.3 is 19.7 Å². The van der Waals surface area contributed by atoms with E-state index in [0.29, 0.717) is 24.4 Å². The van der Waals surface area contributed by atoms with Gasteiger partial charge >= 0.3 is 0 Å². The molecule has 5 rings (SSSR count). The van der Waals surface area contributed by atoms with E-state index < -0.39 is 6.04 Å². The molecule has 0 aliphatic carbocycles. The van der Waals surface area contributed by atoms with Gasteiger partial charge in [0.2, 0.25) is 11.8 Å². The maximum absolute atomic E-state index is 14.0. The van der Waals surface area contributed by atoms with Crippen molar-refractivity contribution >= 4 is 34.2 Å². The number of hydrogen-bond donors (Lipinski definition) is 1. The number of rotatable bonds is 10. The fourth-order valence-corrected chi connectivity index (χ4v) is 5.42. The zero-order valence-corrected chi connectivity index (χ0v) is 21.4. The van der Waals surface area contributed by atoms with E-state index in [0.717, 1.165) is 28.8 Å². The lowest BCUT2D eigenvalue weighted by Crippen LogP contribution is -2.45. The van der Waals surface area contributed by atoms with Crippen LogP contribution in [-0.4, -0.2) is 58.1 Å². The minimum absolute atomic E-state index is 0.00665. The van der Waals surface area contributed by atoms with Crippen molar-refractivity contribution in [3.63, 3.8) is 0 Å². The molecular weight excluding hydrogens is 490 g/mol. The molecule has 9 nitrogen and oxygen atoms in total. The molecule has 4 aromatic rings. The van der Waals surface area contributed by atoms with Crippen LogP contribution in [-0.2, 0) is 27.4 Å². The second-order valence-electron chi connectivity index (χ2n) is 8.87. The fraction of sp³-hybridized carbons (Fsp3) is 0.333. The molecule has 2 aromatic heterocycles. The van der Waals surface area contributed by atoms with Gasteiger partial charge in [-0.15, -0.1) is 16.4 Å². The van der Waals surface area contributed by atoms with Gasteiger partial charge in [0.1, 0.15) is 23.9 Å². The standard InChI is InChI=1S/C27H29N5O4S/c1-35-23-12-5-2-8-19(23)17-31(25(33)18-32-22-11-4-3-10-21(22)29-30-32)26(24-13-7-15-37-24)27(34)28-16-20-9-6-14-36-20/h2-5,7-8,10-13,15,20,26H,6,9,14,16-18H2,1H3,(H,28,34)/t20-,26+/m1/s1. The first-order valence-corrected chi connectivity index (χ1v) is 13.1. The summed E-state index contributed by atoms with van der Waals surface area (Å²) in [4.78, 5) is 30.0. The average molecular weight is 520 g/mol. The van der Waals surface area contributed by atoms with Crippen LogP contribution in [0, 0.1) is 0 Å². The Morgan fingerprint density at radius 1 is 1.19 bits per heavy atom. The number of methoxy groups -OCH3 is 1. The molecule has 37 heavy (non-hydrogen) atoms. The van der Waals surface area contributed by atoms with Gasteiger partial charge in [-0.05, 0) is 42.5 Å². The van der Waals surface area contributed by atoms with Crippen molar-refractivity contribution in [1.29, 1.82) is 0 Å². The second kappa shape index (κ2) is 11.5. The monoisotopic (exact) mass is 519 g/mol. The predicted octanol–water partition coefficient (Wildman–Crippen LogP) is 3.57. The molecule has 2 amide bonds. The average Bonchev–Trinajstić information content (AvgIpc) is 3.71. The molecule has 1 fully saturated rings. The first kappa shape index (κ1) is 24.9. The summed E-state index contributed by atoms with van der Waals surface area (Å²) in [7, 11) is 1.59. The lowest BCUT2D eigenvalue weighted by atomic mass is 10.1. The number of hydrogen-bond acceptors (Lipinski definition) is 7. The fourth-order valence-electron chi connectivity index (χ4n) is 4.58. The molecule has 1 aliphatic heterocycles. The Morgan fingerprint density at radius 2 is 2.03 bits per heavy atom. The number of nitrogens with one attached hydrogen (secondary N) is 1. The van der Waals surface area contributed by atoms with Gasteiger partial charge in [-0.2, -0.15) is 0 Å². The molecule has 0 bridgehead atoms. The number of ether oxygens (including phenoxy) is 2. The maximum atomic E-state index is 14.0. The van der Waals surface area contributed by atoms with E-state index in [-0.39, 0.29) is 31.0 Å². The summed E-state index contributed by atoms with van der Waals surface area (Å²) >= 11 is 1.44. The van der Waals surface area contributed by atoms with Crippen LogP contribution in [0.5, 0.6) is 5.75 Å². The van der Waals surface area contributed by atoms with Gasteiger partial charge in [0.05, 0.1) is 25.3 Å². The SMILES string of the molecule is COc1ccccc1CN(C(=O)Cn1nnc2ccccc21)[C@H](C(=O)NC[C@H]1CCCO1)c1cccs1. The van der Waals surface area contributed by atoms with E-state index in [1.807, 2.05) is 66.0 Å². The Morgan fingerprint density at radius 3 is 2.81 bits per heavy atom. The van der Waals surface area contributed by atoms with Crippen LogP contribution < -0.4 is 10.1 Å². The number of carbonyl (C=O) groups is 2. The third-order valence-electron chi connectivity index (χ3n) is 6.46. The summed E-state index contributed by atoms with van der Waals surface area (Å²) in [6.45, 7) is 1.24. The number of para-hydroxylation sites is 2. The zero-order chi connectivity index (χ0) is 25.6. The molecule has 2 atom stereocenters. The van der Waals surface area contributed by atoms with Crippen molar-refractivity contribution in [1.82, 2.24) is 25.2 Å². The molecule has 1 N–H and O–H groups in total. The molecule has 10 heteroatoms. The molecule has 0 unspecified atom stereocenters. The highest BCUT2D eigenvalue weighted by molar-refractivity contribution is 7.10. The first-order valence-electron chi connectivity index (χ1n) is 12.3. The minimum Gasteiger partial charge on any atom is -0.496 e. The van der Waals surface area contributed by atoms with Crippen molar-refractivity contribution < 1.29 is 19.1 Å². The van der Waals surface area contributed by atoms with Gasteiger partial charge in [-0.25, -0.2) is 4.68 Å². The molecule has 3 heterocycles. The van der Waals surface area contributed by atoms with Crippen LogP contribution >= 0.6 is 11.3 Å². The number of carbonyl (C=O) groups excluding carboxylic acids is 2. The zero-order valence-electron chi connectivity index (χ0n) is 20.6. The van der Waals surface area contributed by atoms with Gasteiger partial charge in [-0.1, -0.05) is 41.6 Å². The number of nitrogens with zero attached hydrogens (tertiary/aromatic N) is 4. The van der Waals surface area contributed by atoms with Crippen LogP contribution in [0.25, 0.3) is 11.0 Å². The second-order valence-corrected chi connectivity index (χ2v) is 9.85. The molecule has 2 aromatic carbocycles. The highest BCUT2D eigenvalue weighted by atomic mass is 32.1. The van der Waals surface area contributed by atoms with Gasteiger partial charge in [0.25, 0.3) is 0 Å². The van der Waals surface area contributed by atoms with E-state index in [2.05, 4.69) is 15.6 Å². The quantitative estimate of drug-likeness (QED) is 0.344.